The van der Waals surface area contributed by atoms with Crippen molar-refractivity contribution in [1.29, 1.82) is 0 Å². The van der Waals surface area contributed by atoms with Crippen LogP contribution in [0, 0.1) is 17.2 Å². The minimum Gasteiger partial charge on any atom is -0.481 e. The van der Waals surface area contributed by atoms with Gasteiger partial charge in [0.25, 0.3) is 0 Å². The number of aryl methyl sites for hydroxylation is 1. The summed E-state index contributed by atoms with van der Waals surface area (Å²) in [4.78, 5) is 26.8. The predicted molar refractivity (Wildman–Crippen MR) is 147 cm³/mol. The number of halogens is 8. The number of benzene rings is 2. The zero-order valence-electron chi connectivity index (χ0n) is 24.5. The van der Waals surface area contributed by atoms with Crippen molar-refractivity contribution in [3.8, 4) is 0 Å². The Morgan fingerprint density at radius 1 is 0.913 bits per heavy atom. The topological polar surface area (TPSA) is 91.8 Å². The van der Waals surface area contributed by atoms with E-state index in [2.05, 4.69) is 0 Å². The lowest BCUT2D eigenvalue weighted by atomic mass is 9.68. The van der Waals surface area contributed by atoms with Crippen LogP contribution in [0.4, 0.5) is 35.1 Å². The molecule has 46 heavy (non-hydrogen) atoms. The molecule has 5 rings (SSSR count). The van der Waals surface area contributed by atoms with Gasteiger partial charge in [-0.25, -0.2) is 17.2 Å². The number of alkyl halides is 7. The lowest BCUT2D eigenvalue weighted by Crippen LogP contribution is -2.54. The highest BCUT2D eigenvalue weighted by Crippen LogP contribution is 2.57. The van der Waals surface area contributed by atoms with E-state index in [0.717, 1.165) is 30.3 Å². The van der Waals surface area contributed by atoms with Crippen LogP contribution < -0.4 is 0 Å². The van der Waals surface area contributed by atoms with E-state index in [1.165, 1.54) is 4.90 Å². The van der Waals surface area contributed by atoms with E-state index >= 15 is 4.39 Å². The van der Waals surface area contributed by atoms with E-state index in [4.69, 9.17) is 0 Å². The van der Waals surface area contributed by atoms with E-state index in [1.54, 1.807) is 6.92 Å². The van der Waals surface area contributed by atoms with Gasteiger partial charge in [0.15, 0.2) is 9.84 Å². The number of likely N-dealkylation sites (tertiary alicyclic amines) is 1. The Morgan fingerprint density at radius 2 is 1.50 bits per heavy atom. The van der Waals surface area contributed by atoms with Crippen molar-refractivity contribution in [1.82, 2.24) is 4.90 Å². The lowest BCUT2D eigenvalue weighted by Gasteiger charge is -2.44. The molecule has 0 aromatic heterocycles. The predicted octanol–water partition coefficient (Wildman–Crippen LogP) is 7.00. The molecule has 2 aromatic rings. The van der Waals surface area contributed by atoms with Crippen LogP contribution in [0.3, 0.4) is 0 Å². The Bertz CT molecular complexity index is 1620. The summed E-state index contributed by atoms with van der Waals surface area (Å²) in [5, 5.41) is 9.75. The van der Waals surface area contributed by atoms with Crippen LogP contribution >= 0.6 is 0 Å². The summed E-state index contributed by atoms with van der Waals surface area (Å²) in [6, 6.07) is 4.09. The van der Waals surface area contributed by atoms with Crippen molar-refractivity contribution in [3.05, 3.63) is 65.0 Å². The molecule has 0 unspecified atom stereocenters. The molecule has 0 radical (unpaired) electrons. The third-order valence-electron chi connectivity index (χ3n) is 10.4. The largest absolute Gasteiger partial charge is 0.481 e. The summed E-state index contributed by atoms with van der Waals surface area (Å²) in [6.07, 6.45) is -12.2. The summed E-state index contributed by atoms with van der Waals surface area (Å²) in [5.74, 6) is -2.78. The fourth-order valence-electron chi connectivity index (χ4n) is 7.69. The molecular weight excluding hydrogens is 650 g/mol. The van der Waals surface area contributed by atoms with Gasteiger partial charge in [-0.1, -0.05) is 25.1 Å². The standard InChI is InChI=1S/C31H31F8NO5S/c1-2-27(26(42)43)13-11-18(12-14-27)25(41)40-16-15-28(46(44,45)22-7-5-21(32)6-8-22)23-9-4-20(17-19(23)3-10-24(28)40)29(33,30(34,35)36)31(37,38)39/h4-9,17-18,24H,2-3,10-16H2,1H3,(H,42,43)/t18?,24-,27?,28-/m0/s1. The summed E-state index contributed by atoms with van der Waals surface area (Å²) in [6.45, 7) is 1.62. The normalized spacial score (nSPS) is 27.2. The molecule has 15 heteroatoms. The molecule has 1 amide bonds. The maximum atomic E-state index is 15.0. The zero-order valence-corrected chi connectivity index (χ0v) is 25.3. The molecule has 1 aliphatic heterocycles. The average molecular weight is 682 g/mol. The molecule has 2 fully saturated rings. The fourth-order valence-corrected chi connectivity index (χ4v) is 10.1. The first-order chi connectivity index (χ1) is 21.3. The molecule has 0 bridgehead atoms. The van der Waals surface area contributed by atoms with Crippen LogP contribution in [0.25, 0.3) is 0 Å². The number of carboxylic acid groups (broad SMARTS) is 1. The lowest BCUT2D eigenvalue weighted by molar-refractivity contribution is -0.348. The maximum Gasteiger partial charge on any atom is 0.435 e. The summed E-state index contributed by atoms with van der Waals surface area (Å²) in [7, 11) is -4.60. The van der Waals surface area contributed by atoms with Gasteiger partial charge < -0.3 is 10.0 Å². The maximum absolute atomic E-state index is 15.0. The van der Waals surface area contributed by atoms with Crippen LogP contribution in [-0.2, 0) is 36.3 Å². The van der Waals surface area contributed by atoms with E-state index in [-0.39, 0.29) is 73.6 Å². The van der Waals surface area contributed by atoms with Crippen LogP contribution in [0.1, 0.15) is 68.6 Å². The minimum absolute atomic E-state index is 0.127. The molecule has 0 spiro atoms. The number of hydrogen-bond donors (Lipinski definition) is 1. The summed E-state index contributed by atoms with van der Waals surface area (Å²) in [5.41, 5.74) is -8.85. The number of sulfone groups is 1. The summed E-state index contributed by atoms with van der Waals surface area (Å²) >= 11 is 0. The number of amides is 1. The second-order valence-electron chi connectivity index (χ2n) is 12.4. The monoisotopic (exact) mass is 681 g/mol. The number of aliphatic carboxylic acids is 1. The van der Waals surface area contributed by atoms with Gasteiger partial charge in [0.2, 0.25) is 5.91 Å². The molecule has 3 aliphatic rings. The number of nitrogens with zero attached hydrogens (tertiary/aromatic N) is 1. The van der Waals surface area contributed by atoms with E-state index < -0.39 is 73.2 Å². The fraction of sp³-hybridized carbons (Fsp3) is 0.548. The minimum atomic E-state index is -6.37. The average Bonchev–Trinajstić information content (AvgIpc) is 3.41. The van der Waals surface area contributed by atoms with Gasteiger partial charge >= 0.3 is 24.0 Å². The number of fused-ring (bicyclic) bond motifs is 3. The molecule has 1 heterocycles. The number of carbonyl (C=O) groups excluding carboxylic acids is 1. The highest BCUT2D eigenvalue weighted by atomic mass is 32.2. The Balaban J connectivity index is 1.60. The number of carbonyl (C=O) groups is 2. The third-order valence-corrected chi connectivity index (χ3v) is 12.9. The van der Waals surface area contributed by atoms with E-state index in [9.17, 15) is 53.8 Å². The van der Waals surface area contributed by atoms with E-state index in [1.807, 2.05) is 0 Å². The first kappa shape index (κ1) is 34.1. The highest BCUT2D eigenvalue weighted by Gasteiger charge is 2.74. The Hall–Kier alpha value is -3.23. The van der Waals surface area contributed by atoms with Gasteiger partial charge in [0.05, 0.1) is 16.4 Å². The van der Waals surface area contributed by atoms with E-state index in [0.29, 0.717) is 12.5 Å². The van der Waals surface area contributed by atoms with Crippen molar-refractivity contribution < 1.29 is 58.2 Å². The van der Waals surface area contributed by atoms with Crippen LogP contribution in [0.15, 0.2) is 47.4 Å². The van der Waals surface area contributed by atoms with Gasteiger partial charge in [-0.05, 0) is 86.8 Å². The van der Waals surface area contributed by atoms with Crippen molar-refractivity contribution in [2.75, 3.05) is 6.54 Å². The Kier molecular flexibility index (Phi) is 8.30. The number of hydrogen-bond acceptors (Lipinski definition) is 4. The summed E-state index contributed by atoms with van der Waals surface area (Å²) < 4.78 is 137. The van der Waals surface area contributed by atoms with Crippen molar-refractivity contribution in [2.24, 2.45) is 11.3 Å². The zero-order chi connectivity index (χ0) is 34.1. The quantitative estimate of drug-likeness (QED) is 0.262. The van der Waals surface area contributed by atoms with Gasteiger partial charge in [-0.2, -0.15) is 26.3 Å². The molecule has 2 atom stereocenters. The second kappa shape index (κ2) is 11.2. The second-order valence-corrected chi connectivity index (χ2v) is 14.6. The molecular formula is C31H31F8NO5S. The molecule has 6 nitrogen and oxygen atoms in total. The van der Waals surface area contributed by atoms with Crippen LogP contribution in [0.2, 0.25) is 0 Å². The number of rotatable bonds is 6. The highest BCUT2D eigenvalue weighted by molar-refractivity contribution is 7.92. The molecule has 252 valence electrons. The molecule has 1 saturated carbocycles. The SMILES string of the molecule is CCC1(C(=O)O)CCC(C(=O)N2CC[C@]3(S(=O)(=O)c4ccc(F)cc4)c4ccc(C(F)(C(F)(F)F)C(F)(F)F)cc4CC[C@H]23)CC1. The first-order valence-corrected chi connectivity index (χ1v) is 16.3. The molecule has 2 aliphatic carbocycles. The van der Waals surface area contributed by atoms with Crippen molar-refractivity contribution >= 4 is 21.7 Å². The third kappa shape index (κ3) is 4.90. The molecule has 1 N–H and O–H groups in total. The first-order valence-electron chi connectivity index (χ1n) is 14.8. The Morgan fingerprint density at radius 3 is 2.02 bits per heavy atom. The van der Waals surface area contributed by atoms with Gasteiger partial charge in [-0.3, -0.25) is 9.59 Å². The number of carboxylic acids is 1. The molecule has 1 saturated heterocycles. The Labute approximate surface area is 259 Å². The van der Waals surface area contributed by atoms with Gasteiger partial charge in [0.1, 0.15) is 10.6 Å². The van der Waals surface area contributed by atoms with Crippen molar-refractivity contribution in [2.45, 2.75) is 92.0 Å². The van der Waals surface area contributed by atoms with Gasteiger partial charge in [-0.15, -0.1) is 0 Å². The smallest absolute Gasteiger partial charge is 0.435 e. The van der Waals surface area contributed by atoms with Gasteiger partial charge in [0, 0.05) is 18.0 Å². The molecule has 2 aromatic carbocycles. The van der Waals surface area contributed by atoms with Crippen LogP contribution in [0.5, 0.6) is 0 Å². The van der Waals surface area contributed by atoms with Crippen molar-refractivity contribution in [3.63, 3.8) is 0 Å². The van der Waals surface area contributed by atoms with Crippen LogP contribution in [-0.4, -0.2) is 55.2 Å².